The summed E-state index contributed by atoms with van der Waals surface area (Å²) < 4.78 is 4.55. The Morgan fingerprint density at radius 2 is 0.929 bits per heavy atom. The van der Waals surface area contributed by atoms with Crippen LogP contribution in [0.2, 0.25) is 0 Å². The van der Waals surface area contributed by atoms with Crippen molar-refractivity contribution in [1.82, 2.24) is 9.13 Å². The quantitative estimate of drug-likeness (QED) is 0.227. The molecule has 0 fully saturated rings. The van der Waals surface area contributed by atoms with Crippen LogP contribution in [-0.4, -0.2) is 9.13 Å². The number of aromatic nitrogens is 2. The Morgan fingerprint density at radius 1 is 0.429 bits per heavy atom. The van der Waals surface area contributed by atoms with E-state index in [0.29, 0.717) is 16.7 Å². The molecule has 0 spiro atoms. The summed E-state index contributed by atoms with van der Waals surface area (Å²) >= 11 is 0. The number of para-hydroxylation sites is 4. The van der Waals surface area contributed by atoms with E-state index in [0.717, 1.165) is 60.5 Å². The zero-order valence-electron chi connectivity index (χ0n) is 22.5. The first-order chi connectivity index (χ1) is 20.8. The molecular formula is C38H22N4. The minimum absolute atomic E-state index is 0.470. The van der Waals surface area contributed by atoms with Gasteiger partial charge in [-0.2, -0.15) is 10.5 Å². The Hall–Kier alpha value is -6.10. The van der Waals surface area contributed by atoms with Gasteiger partial charge in [0.25, 0.3) is 0 Å². The van der Waals surface area contributed by atoms with Crippen molar-refractivity contribution in [3.8, 4) is 34.6 Å². The van der Waals surface area contributed by atoms with Gasteiger partial charge < -0.3 is 9.13 Å². The highest BCUT2D eigenvalue weighted by atomic mass is 15.0. The predicted molar refractivity (Wildman–Crippen MR) is 170 cm³/mol. The monoisotopic (exact) mass is 534 g/mol. The number of benzene rings is 6. The molecular weight excluding hydrogens is 512 g/mol. The van der Waals surface area contributed by atoms with Crippen LogP contribution in [0, 0.1) is 22.7 Å². The average molecular weight is 535 g/mol. The lowest BCUT2D eigenvalue weighted by atomic mass is 9.92. The maximum absolute atomic E-state index is 10.3. The maximum Gasteiger partial charge on any atom is 0.0998 e. The number of rotatable bonds is 3. The molecule has 4 heteroatoms. The average Bonchev–Trinajstić information content (AvgIpc) is 3.56. The van der Waals surface area contributed by atoms with Crippen LogP contribution in [0.15, 0.2) is 133 Å². The zero-order valence-corrected chi connectivity index (χ0v) is 22.5. The Morgan fingerprint density at radius 3 is 1.50 bits per heavy atom. The van der Waals surface area contributed by atoms with Crippen molar-refractivity contribution in [2.75, 3.05) is 0 Å². The topological polar surface area (TPSA) is 57.4 Å². The molecule has 194 valence electrons. The summed E-state index contributed by atoms with van der Waals surface area (Å²) in [5, 5.41) is 25.1. The van der Waals surface area contributed by atoms with Crippen LogP contribution in [0.25, 0.3) is 66.1 Å². The molecule has 0 radical (unpaired) electrons. The summed E-state index contributed by atoms with van der Waals surface area (Å²) in [7, 11) is 0. The molecule has 0 bridgehead atoms. The van der Waals surface area contributed by atoms with E-state index >= 15 is 0 Å². The van der Waals surface area contributed by atoms with E-state index in [1.54, 1.807) is 18.2 Å². The molecule has 2 aromatic heterocycles. The van der Waals surface area contributed by atoms with E-state index in [2.05, 4.69) is 118 Å². The largest absolute Gasteiger partial charge is 0.309 e. The van der Waals surface area contributed by atoms with Gasteiger partial charge in [0.2, 0.25) is 0 Å². The van der Waals surface area contributed by atoms with Crippen LogP contribution >= 0.6 is 0 Å². The van der Waals surface area contributed by atoms with Gasteiger partial charge in [0.05, 0.1) is 51.0 Å². The minimum atomic E-state index is 0.470. The molecule has 8 aromatic rings. The molecule has 0 amide bonds. The van der Waals surface area contributed by atoms with Gasteiger partial charge in [-0.1, -0.05) is 78.9 Å². The minimum Gasteiger partial charge on any atom is -0.309 e. The van der Waals surface area contributed by atoms with E-state index in [1.165, 1.54) is 0 Å². The molecule has 0 saturated heterocycles. The first-order valence-corrected chi connectivity index (χ1v) is 13.8. The predicted octanol–water partition coefficient (Wildman–Crippen LogP) is 9.29. The van der Waals surface area contributed by atoms with Gasteiger partial charge in [-0.25, -0.2) is 0 Å². The fourth-order valence-electron chi connectivity index (χ4n) is 6.46. The number of nitriles is 2. The molecule has 0 aliphatic carbocycles. The number of hydrogen-bond acceptors (Lipinski definition) is 2. The van der Waals surface area contributed by atoms with E-state index in [1.807, 2.05) is 18.2 Å². The van der Waals surface area contributed by atoms with Gasteiger partial charge in [0, 0.05) is 38.4 Å². The van der Waals surface area contributed by atoms with Crippen molar-refractivity contribution >= 4 is 43.6 Å². The third-order valence-corrected chi connectivity index (χ3v) is 8.20. The van der Waals surface area contributed by atoms with E-state index in [4.69, 9.17) is 0 Å². The van der Waals surface area contributed by atoms with Crippen LogP contribution < -0.4 is 0 Å². The van der Waals surface area contributed by atoms with Crippen LogP contribution in [0.4, 0.5) is 0 Å². The lowest BCUT2D eigenvalue weighted by Gasteiger charge is -2.17. The molecule has 42 heavy (non-hydrogen) atoms. The normalized spacial score (nSPS) is 11.3. The van der Waals surface area contributed by atoms with E-state index in [9.17, 15) is 10.5 Å². The Balaban J connectivity index is 1.62. The van der Waals surface area contributed by atoms with Crippen LogP contribution in [0.5, 0.6) is 0 Å². The molecule has 0 N–H and O–H groups in total. The van der Waals surface area contributed by atoms with Crippen molar-refractivity contribution in [3.63, 3.8) is 0 Å². The second-order valence-electron chi connectivity index (χ2n) is 10.4. The van der Waals surface area contributed by atoms with Gasteiger partial charge in [-0.05, 0) is 54.6 Å². The fraction of sp³-hybridized carbons (Fsp3) is 0. The molecule has 8 rings (SSSR count). The molecule has 2 heterocycles. The van der Waals surface area contributed by atoms with Crippen molar-refractivity contribution in [3.05, 3.63) is 145 Å². The third-order valence-electron chi connectivity index (χ3n) is 8.20. The second-order valence-corrected chi connectivity index (χ2v) is 10.4. The maximum atomic E-state index is 10.3. The highest BCUT2D eigenvalue weighted by Crippen LogP contribution is 2.43. The van der Waals surface area contributed by atoms with Crippen LogP contribution in [0.3, 0.4) is 0 Å². The standard InChI is InChI=1S/C38H22N4/c39-23-25-11-10-12-26(24-40)38(25)32-22-36-31(30-17-6-7-18-33(30)41(36)27-13-2-1-3-14-27)21-37(32)42-34-19-8-4-15-28(34)29-16-5-9-20-35(29)42/h1-22H. The van der Waals surface area contributed by atoms with Gasteiger partial charge in [0.1, 0.15) is 0 Å². The van der Waals surface area contributed by atoms with Crippen molar-refractivity contribution in [2.24, 2.45) is 0 Å². The summed E-state index contributed by atoms with van der Waals surface area (Å²) in [5.41, 5.74) is 8.64. The Labute approximate surface area is 242 Å². The molecule has 0 aliphatic heterocycles. The molecule has 0 atom stereocenters. The molecule has 6 aromatic carbocycles. The summed E-state index contributed by atoms with van der Waals surface area (Å²) in [6.07, 6.45) is 0. The van der Waals surface area contributed by atoms with Gasteiger partial charge in [0.15, 0.2) is 0 Å². The SMILES string of the molecule is N#Cc1cccc(C#N)c1-c1cc2c(cc1-n1c3ccccc3c3ccccc31)c1ccccc1n2-c1ccccc1. The van der Waals surface area contributed by atoms with Gasteiger partial charge in [-0.15, -0.1) is 0 Å². The van der Waals surface area contributed by atoms with E-state index < -0.39 is 0 Å². The summed E-state index contributed by atoms with van der Waals surface area (Å²) in [6.45, 7) is 0. The smallest absolute Gasteiger partial charge is 0.0998 e. The first kappa shape index (κ1) is 23.8. The molecule has 0 aliphatic rings. The van der Waals surface area contributed by atoms with Crippen molar-refractivity contribution < 1.29 is 0 Å². The molecule has 4 nitrogen and oxygen atoms in total. The fourth-order valence-corrected chi connectivity index (χ4v) is 6.46. The van der Waals surface area contributed by atoms with Gasteiger partial charge >= 0.3 is 0 Å². The van der Waals surface area contributed by atoms with Crippen LogP contribution in [0.1, 0.15) is 11.1 Å². The first-order valence-electron chi connectivity index (χ1n) is 13.8. The Bertz CT molecular complexity index is 2340. The van der Waals surface area contributed by atoms with Crippen LogP contribution in [-0.2, 0) is 0 Å². The zero-order chi connectivity index (χ0) is 28.2. The number of nitrogens with zero attached hydrogens (tertiary/aromatic N) is 4. The summed E-state index contributed by atoms with van der Waals surface area (Å²) in [6, 6.07) is 50.1. The highest BCUT2D eigenvalue weighted by molar-refractivity contribution is 6.14. The van der Waals surface area contributed by atoms with Crippen molar-refractivity contribution in [2.45, 2.75) is 0 Å². The number of fused-ring (bicyclic) bond motifs is 6. The highest BCUT2D eigenvalue weighted by Gasteiger charge is 2.23. The number of hydrogen-bond donors (Lipinski definition) is 0. The second kappa shape index (κ2) is 9.24. The molecule has 0 saturated carbocycles. The summed E-state index contributed by atoms with van der Waals surface area (Å²) in [5.74, 6) is 0. The lowest BCUT2D eigenvalue weighted by Crippen LogP contribution is -2.01. The Kier molecular flexibility index (Phi) is 5.22. The van der Waals surface area contributed by atoms with E-state index in [-0.39, 0.29) is 0 Å². The van der Waals surface area contributed by atoms with Crippen molar-refractivity contribution in [1.29, 1.82) is 10.5 Å². The third kappa shape index (κ3) is 3.33. The van der Waals surface area contributed by atoms with Gasteiger partial charge in [-0.3, -0.25) is 0 Å². The summed E-state index contributed by atoms with van der Waals surface area (Å²) in [4.78, 5) is 0. The molecule has 0 unspecified atom stereocenters. The lowest BCUT2D eigenvalue weighted by molar-refractivity contribution is 1.17.